The second-order valence-electron chi connectivity index (χ2n) is 6.10. The average molecular weight is 402 g/mol. The SMILES string of the molecule is COc1ccccc1O[C@@H](C)C(=O)N(C)Cc1nc(-c2ccccc2Cl)no1. The van der Waals surface area contributed by atoms with Crippen LogP contribution in [0.25, 0.3) is 11.4 Å². The maximum atomic E-state index is 12.6. The van der Waals surface area contributed by atoms with Crippen molar-refractivity contribution in [1.29, 1.82) is 0 Å². The Bertz CT molecular complexity index is 960. The minimum absolute atomic E-state index is 0.149. The van der Waals surface area contributed by atoms with Gasteiger partial charge in [0.05, 0.1) is 18.7 Å². The lowest BCUT2D eigenvalue weighted by Gasteiger charge is -2.21. The number of nitrogens with zero attached hydrogens (tertiary/aromatic N) is 3. The summed E-state index contributed by atoms with van der Waals surface area (Å²) in [7, 11) is 3.19. The number of carbonyl (C=O) groups excluding carboxylic acids is 1. The molecule has 1 aromatic heterocycles. The fraction of sp³-hybridized carbons (Fsp3) is 0.250. The zero-order valence-electron chi connectivity index (χ0n) is 15.8. The van der Waals surface area contributed by atoms with Crippen molar-refractivity contribution >= 4 is 17.5 Å². The molecule has 0 aliphatic carbocycles. The zero-order chi connectivity index (χ0) is 20.1. The lowest BCUT2D eigenvalue weighted by atomic mass is 10.2. The van der Waals surface area contributed by atoms with Crippen LogP contribution in [0.3, 0.4) is 0 Å². The molecular weight excluding hydrogens is 382 g/mol. The number of likely N-dealkylation sites (N-methyl/N-ethyl adjacent to an activating group) is 1. The normalized spacial score (nSPS) is 11.7. The summed E-state index contributed by atoms with van der Waals surface area (Å²) >= 11 is 6.15. The van der Waals surface area contributed by atoms with Gasteiger partial charge in [-0.1, -0.05) is 41.0 Å². The van der Waals surface area contributed by atoms with E-state index in [1.165, 1.54) is 4.90 Å². The Hall–Kier alpha value is -3.06. The molecule has 146 valence electrons. The summed E-state index contributed by atoms with van der Waals surface area (Å²) in [5, 5.41) is 4.46. The largest absolute Gasteiger partial charge is 0.493 e. The third-order valence-corrected chi connectivity index (χ3v) is 4.38. The van der Waals surface area contributed by atoms with Crippen LogP contribution in [-0.2, 0) is 11.3 Å². The first kappa shape index (κ1) is 19.7. The number of benzene rings is 2. The summed E-state index contributed by atoms with van der Waals surface area (Å²) in [5.74, 6) is 1.50. The lowest BCUT2D eigenvalue weighted by Crippen LogP contribution is -2.37. The molecule has 1 atom stereocenters. The first-order chi connectivity index (χ1) is 13.5. The van der Waals surface area contributed by atoms with Gasteiger partial charge in [-0.3, -0.25) is 4.79 Å². The Balaban J connectivity index is 1.65. The Morgan fingerprint density at radius 2 is 1.86 bits per heavy atom. The average Bonchev–Trinajstić information content (AvgIpc) is 3.16. The van der Waals surface area contributed by atoms with Gasteiger partial charge in [-0.2, -0.15) is 4.98 Å². The van der Waals surface area contributed by atoms with Crippen LogP contribution in [0, 0.1) is 0 Å². The van der Waals surface area contributed by atoms with Crippen LogP contribution >= 0.6 is 11.6 Å². The van der Waals surface area contributed by atoms with Gasteiger partial charge in [0.15, 0.2) is 17.6 Å². The smallest absolute Gasteiger partial charge is 0.263 e. The van der Waals surface area contributed by atoms with Crippen molar-refractivity contribution in [1.82, 2.24) is 15.0 Å². The molecule has 1 heterocycles. The van der Waals surface area contributed by atoms with Crippen LogP contribution < -0.4 is 9.47 Å². The van der Waals surface area contributed by atoms with E-state index in [0.717, 1.165) is 0 Å². The Morgan fingerprint density at radius 3 is 2.57 bits per heavy atom. The number of ether oxygens (including phenoxy) is 2. The molecule has 0 fully saturated rings. The molecule has 3 rings (SSSR count). The molecule has 0 N–H and O–H groups in total. The van der Waals surface area contributed by atoms with Gasteiger partial charge in [0.25, 0.3) is 5.91 Å². The third kappa shape index (κ3) is 4.43. The lowest BCUT2D eigenvalue weighted by molar-refractivity contribution is -0.137. The van der Waals surface area contributed by atoms with Crippen molar-refractivity contribution in [3.8, 4) is 22.9 Å². The number of aromatic nitrogens is 2. The molecular formula is C20H20ClN3O4. The summed E-state index contributed by atoms with van der Waals surface area (Å²) in [6.45, 7) is 1.82. The van der Waals surface area contributed by atoms with Crippen LogP contribution in [0.2, 0.25) is 5.02 Å². The van der Waals surface area contributed by atoms with Gasteiger partial charge in [-0.25, -0.2) is 0 Å². The predicted octanol–water partition coefficient (Wildman–Crippen LogP) is 3.82. The van der Waals surface area contributed by atoms with E-state index in [-0.39, 0.29) is 12.5 Å². The Morgan fingerprint density at radius 1 is 1.18 bits per heavy atom. The van der Waals surface area contributed by atoms with Crippen molar-refractivity contribution in [2.45, 2.75) is 19.6 Å². The van der Waals surface area contributed by atoms with E-state index in [1.807, 2.05) is 24.3 Å². The van der Waals surface area contributed by atoms with Crippen molar-refractivity contribution in [3.63, 3.8) is 0 Å². The minimum Gasteiger partial charge on any atom is -0.493 e. The minimum atomic E-state index is -0.716. The summed E-state index contributed by atoms with van der Waals surface area (Å²) in [4.78, 5) is 18.4. The number of halogens is 1. The van der Waals surface area contributed by atoms with E-state index >= 15 is 0 Å². The van der Waals surface area contributed by atoms with Crippen molar-refractivity contribution < 1.29 is 18.8 Å². The highest BCUT2D eigenvalue weighted by molar-refractivity contribution is 6.33. The van der Waals surface area contributed by atoms with Gasteiger partial charge < -0.3 is 18.9 Å². The first-order valence-corrected chi connectivity index (χ1v) is 8.99. The molecule has 2 aromatic carbocycles. The second-order valence-corrected chi connectivity index (χ2v) is 6.50. The fourth-order valence-corrected chi connectivity index (χ4v) is 2.84. The molecule has 0 bridgehead atoms. The summed E-state index contributed by atoms with van der Waals surface area (Å²) in [5.41, 5.74) is 0.668. The highest BCUT2D eigenvalue weighted by Gasteiger charge is 2.22. The van der Waals surface area contributed by atoms with Gasteiger partial charge in [0, 0.05) is 12.6 Å². The van der Waals surface area contributed by atoms with Gasteiger partial charge in [-0.05, 0) is 31.2 Å². The van der Waals surface area contributed by atoms with Crippen LogP contribution in [0.1, 0.15) is 12.8 Å². The topological polar surface area (TPSA) is 77.7 Å². The highest BCUT2D eigenvalue weighted by Crippen LogP contribution is 2.27. The molecule has 0 aliphatic heterocycles. The van der Waals surface area contributed by atoms with Crippen molar-refractivity contribution in [2.75, 3.05) is 14.2 Å². The second kappa shape index (κ2) is 8.75. The molecule has 7 nitrogen and oxygen atoms in total. The fourth-order valence-electron chi connectivity index (χ4n) is 2.62. The monoisotopic (exact) mass is 401 g/mol. The molecule has 0 radical (unpaired) electrons. The number of hydrogen-bond acceptors (Lipinski definition) is 6. The molecule has 0 saturated heterocycles. The molecule has 8 heteroatoms. The van der Waals surface area contributed by atoms with Gasteiger partial charge >= 0.3 is 0 Å². The van der Waals surface area contributed by atoms with E-state index < -0.39 is 6.10 Å². The molecule has 0 saturated carbocycles. The molecule has 28 heavy (non-hydrogen) atoms. The van der Waals surface area contributed by atoms with Crippen LogP contribution in [0.15, 0.2) is 53.1 Å². The van der Waals surface area contributed by atoms with E-state index in [2.05, 4.69) is 10.1 Å². The van der Waals surface area contributed by atoms with Gasteiger partial charge in [-0.15, -0.1) is 0 Å². The molecule has 0 unspecified atom stereocenters. The Labute approximate surface area is 167 Å². The number of hydrogen-bond donors (Lipinski definition) is 0. The van der Waals surface area contributed by atoms with E-state index in [1.54, 1.807) is 45.3 Å². The quantitative estimate of drug-likeness (QED) is 0.598. The Kier molecular flexibility index (Phi) is 6.16. The standard InChI is InChI=1S/C20H20ClN3O4/c1-13(27-17-11-7-6-10-16(17)26-3)20(25)24(2)12-18-22-19(23-28-18)14-8-4-5-9-15(14)21/h4-11,13H,12H2,1-3H3/t13-/m0/s1. The molecule has 0 spiro atoms. The molecule has 3 aromatic rings. The third-order valence-electron chi connectivity index (χ3n) is 4.05. The van der Waals surface area contributed by atoms with E-state index in [9.17, 15) is 4.79 Å². The number of para-hydroxylation sites is 2. The van der Waals surface area contributed by atoms with E-state index in [0.29, 0.717) is 33.8 Å². The van der Waals surface area contributed by atoms with E-state index in [4.69, 9.17) is 25.6 Å². The van der Waals surface area contributed by atoms with Crippen molar-refractivity contribution in [3.05, 3.63) is 59.4 Å². The van der Waals surface area contributed by atoms with Gasteiger partial charge in [0.2, 0.25) is 11.7 Å². The molecule has 0 aliphatic rings. The number of methoxy groups -OCH3 is 1. The molecule has 1 amide bonds. The van der Waals surface area contributed by atoms with Gasteiger partial charge in [0.1, 0.15) is 0 Å². The van der Waals surface area contributed by atoms with Crippen LogP contribution in [0.4, 0.5) is 0 Å². The van der Waals surface area contributed by atoms with Crippen LogP contribution in [-0.4, -0.2) is 41.2 Å². The summed E-state index contributed by atoms with van der Waals surface area (Å²) < 4.78 is 16.2. The zero-order valence-corrected chi connectivity index (χ0v) is 16.5. The number of amides is 1. The number of carbonyl (C=O) groups is 1. The summed E-state index contributed by atoms with van der Waals surface area (Å²) in [6.07, 6.45) is -0.716. The first-order valence-electron chi connectivity index (χ1n) is 8.61. The maximum absolute atomic E-state index is 12.6. The number of rotatable bonds is 7. The van der Waals surface area contributed by atoms with Crippen molar-refractivity contribution in [2.24, 2.45) is 0 Å². The summed E-state index contributed by atoms with van der Waals surface area (Å²) in [6, 6.07) is 14.4. The van der Waals surface area contributed by atoms with Crippen LogP contribution in [0.5, 0.6) is 11.5 Å². The maximum Gasteiger partial charge on any atom is 0.263 e. The highest BCUT2D eigenvalue weighted by atomic mass is 35.5. The predicted molar refractivity (Wildman–Crippen MR) is 104 cm³/mol.